The molecule has 1 unspecified atom stereocenters. The highest BCUT2D eigenvalue weighted by atomic mass is 16.5. The van der Waals surface area contributed by atoms with Crippen LogP contribution < -0.4 is 5.73 Å². The number of rotatable bonds is 3. The molecular weight excluding hydrogens is 240 g/mol. The van der Waals surface area contributed by atoms with E-state index in [1.54, 1.807) is 0 Å². The van der Waals surface area contributed by atoms with Crippen LogP contribution in [0.25, 0.3) is 0 Å². The van der Waals surface area contributed by atoms with Gasteiger partial charge >= 0.3 is 0 Å². The van der Waals surface area contributed by atoms with Gasteiger partial charge in [-0.2, -0.15) is 4.98 Å². The SMILES string of the molecule is CCc1nc(Cn2cc3c(c2)C(N)CCCC3)no1. The topological polar surface area (TPSA) is 69.9 Å². The Morgan fingerprint density at radius 1 is 1.42 bits per heavy atom. The zero-order valence-corrected chi connectivity index (χ0v) is 11.3. The van der Waals surface area contributed by atoms with E-state index in [9.17, 15) is 0 Å². The molecule has 0 aliphatic heterocycles. The summed E-state index contributed by atoms with van der Waals surface area (Å²) in [5, 5.41) is 3.99. The van der Waals surface area contributed by atoms with Crippen LogP contribution in [0.2, 0.25) is 0 Å². The van der Waals surface area contributed by atoms with Gasteiger partial charge in [-0.25, -0.2) is 0 Å². The highest BCUT2D eigenvalue weighted by Gasteiger charge is 2.17. The minimum absolute atomic E-state index is 0.176. The molecule has 2 aromatic rings. The maximum absolute atomic E-state index is 6.22. The van der Waals surface area contributed by atoms with E-state index in [1.165, 1.54) is 24.0 Å². The molecule has 0 radical (unpaired) electrons. The molecular formula is C14H20N4O. The number of nitrogens with zero attached hydrogens (tertiary/aromatic N) is 3. The summed E-state index contributed by atoms with van der Waals surface area (Å²) in [6, 6.07) is 0.176. The number of fused-ring (bicyclic) bond motifs is 1. The lowest BCUT2D eigenvalue weighted by Crippen LogP contribution is -2.09. The zero-order valence-electron chi connectivity index (χ0n) is 11.3. The van der Waals surface area contributed by atoms with Gasteiger partial charge in [0.2, 0.25) is 5.89 Å². The van der Waals surface area contributed by atoms with E-state index in [2.05, 4.69) is 27.1 Å². The molecule has 102 valence electrons. The summed E-state index contributed by atoms with van der Waals surface area (Å²) in [4.78, 5) is 4.34. The van der Waals surface area contributed by atoms with Crippen LogP contribution in [0.3, 0.4) is 0 Å². The lowest BCUT2D eigenvalue weighted by atomic mass is 10.1. The molecule has 0 saturated carbocycles. The summed E-state index contributed by atoms with van der Waals surface area (Å²) in [5.41, 5.74) is 8.88. The normalized spacial score (nSPS) is 19.2. The molecule has 2 N–H and O–H groups in total. The van der Waals surface area contributed by atoms with E-state index in [0.717, 1.165) is 25.1 Å². The van der Waals surface area contributed by atoms with E-state index < -0.39 is 0 Å². The predicted octanol–water partition coefficient (Wildman–Crippen LogP) is 2.21. The lowest BCUT2D eigenvalue weighted by Gasteiger charge is -2.07. The number of hydrogen-bond donors (Lipinski definition) is 1. The van der Waals surface area contributed by atoms with E-state index in [-0.39, 0.29) is 6.04 Å². The Balaban J connectivity index is 1.80. The third-order valence-electron chi connectivity index (χ3n) is 3.74. The van der Waals surface area contributed by atoms with Crippen molar-refractivity contribution in [3.8, 4) is 0 Å². The summed E-state index contributed by atoms with van der Waals surface area (Å²) in [6.07, 6.45) is 9.77. The summed E-state index contributed by atoms with van der Waals surface area (Å²) >= 11 is 0. The molecule has 0 saturated heterocycles. The second kappa shape index (κ2) is 5.17. The third-order valence-corrected chi connectivity index (χ3v) is 3.74. The van der Waals surface area contributed by atoms with Gasteiger partial charge in [0.05, 0.1) is 6.54 Å². The lowest BCUT2D eigenvalue weighted by molar-refractivity contribution is 0.375. The van der Waals surface area contributed by atoms with Gasteiger partial charge in [-0.05, 0) is 30.4 Å². The standard InChI is InChI=1S/C14H20N4O/c1-2-14-16-13(17-19-14)9-18-7-10-5-3-4-6-12(15)11(10)8-18/h7-8,12H,2-6,9,15H2,1H3. The zero-order chi connectivity index (χ0) is 13.2. The van der Waals surface area contributed by atoms with E-state index in [1.807, 2.05) is 6.92 Å². The molecule has 19 heavy (non-hydrogen) atoms. The number of aromatic nitrogens is 3. The average molecular weight is 260 g/mol. The Kier molecular flexibility index (Phi) is 3.38. The van der Waals surface area contributed by atoms with Gasteiger partial charge in [-0.1, -0.05) is 18.5 Å². The Labute approximate surface area is 112 Å². The van der Waals surface area contributed by atoms with Crippen molar-refractivity contribution in [3.05, 3.63) is 35.2 Å². The Morgan fingerprint density at radius 3 is 3.11 bits per heavy atom. The van der Waals surface area contributed by atoms with Crippen molar-refractivity contribution >= 4 is 0 Å². The minimum atomic E-state index is 0.176. The van der Waals surface area contributed by atoms with Gasteiger partial charge in [-0.3, -0.25) is 0 Å². The molecule has 3 rings (SSSR count). The Morgan fingerprint density at radius 2 is 2.32 bits per heavy atom. The molecule has 0 spiro atoms. The van der Waals surface area contributed by atoms with Crippen molar-refractivity contribution in [2.24, 2.45) is 5.73 Å². The van der Waals surface area contributed by atoms with Gasteiger partial charge in [0, 0.05) is 24.9 Å². The average Bonchev–Trinajstić information content (AvgIpc) is 2.98. The van der Waals surface area contributed by atoms with Gasteiger partial charge in [0.15, 0.2) is 5.82 Å². The van der Waals surface area contributed by atoms with Crippen molar-refractivity contribution in [1.82, 2.24) is 14.7 Å². The second-order valence-electron chi connectivity index (χ2n) is 5.22. The number of nitrogens with two attached hydrogens (primary N) is 1. The maximum Gasteiger partial charge on any atom is 0.226 e. The van der Waals surface area contributed by atoms with Crippen LogP contribution >= 0.6 is 0 Å². The molecule has 5 nitrogen and oxygen atoms in total. The van der Waals surface area contributed by atoms with Crippen molar-refractivity contribution < 1.29 is 4.52 Å². The van der Waals surface area contributed by atoms with Crippen molar-refractivity contribution in [3.63, 3.8) is 0 Å². The summed E-state index contributed by atoms with van der Waals surface area (Å²) in [7, 11) is 0. The molecule has 0 fully saturated rings. The second-order valence-corrected chi connectivity index (χ2v) is 5.22. The first kappa shape index (κ1) is 12.4. The molecule has 1 aliphatic rings. The first-order valence-electron chi connectivity index (χ1n) is 7.02. The van der Waals surface area contributed by atoms with Crippen LogP contribution in [-0.2, 0) is 19.4 Å². The van der Waals surface area contributed by atoms with Crippen LogP contribution in [0.15, 0.2) is 16.9 Å². The molecule has 0 aromatic carbocycles. The van der Waals surface area contributed by atoms with Gasteiger partial charge in [0.25, 0.3) is 0 Å². The molecule has 5 heteroatoms. The first-order valence-corrected chi connectivity index (χ1v) is 7.02. The quantitative estimate of drug-likeness (QED) is 0.859. The fourth-order valence-electron chi connectivity index (χ4n) is 2.70. The number of aryl methyl sites for hydroxylation is 2. The van der Waals surface area contributed by atoms with Crippen molar-refractivity contribution in [1.29, 1.82) is 0 Å². The van der Waals surface area contributed by atoms with Crippen LogP contribution in [-0.4, -0.2) is 14.7 Å². The van der Waals surface area contributed by atoms with Crippen LogP contribution in [0, 0.1) is 0 Å². The maximum atomic E-state index is 6.22. The number of hydrogen-bond acceptors (Lipinski definition) is 4. The molecule has 2 heterocycles. The van der Waals surface area contributed by atoms with Crippen LogP contribution in [0.5, 0.6) is 0 Å². The molecule has 2 aromatic heterocycles. The Hall–Kier alpha value is -1.62. The van der Waals surface area contributed by atoms with E-state index in [4.69, 9.17) is 10.3 Å². The smallest absolute Gasteiger partial charge is 0.226 e. The summed E-state index contributed by atoms with van der Waals surface area (Å²) in [5.74, 6) is 1.43. The highest BCUT2D eigenvalue weighted by molar-refractivity contribution is 5.29. The first-order chi connectivity index (χ1) is 9.26. The monoisotopic (exact) mass is 260 g/mol. The predicted molar refractivity (Wildman–Crippen MR) is 71.7 cm³/mol. The van der Waals surface area contributed by atoms with Gasteiger partial charge in [-0.15, -0.1) is 0 Å². The molecule has 1 aliphatic carbocycles. The minimum Gasteiger partial charge on any atom is -0.346 e. The van der Waals surface area contributed by atoms with E-state index >= 15 is 0 Å². The van der Waals surface area contributed by atoms with Crippen LogP contribution in [0.4, 0.5) is 0 Å². The molecule has 1 atom stereocenters. The third kappa shape index (κ3) is 2.56. The molecule has 0 bridgehead atoms. The largest absolute Gasteiger partial charge is 0.346 e. The van der Waals surface area contributed by atoms with Crippen LogP contribution in [0.1, 0.15) is 55.1 Å². The van der Waals surface area contributed by atoms with Crippen molar-refractivity contribution in [2.45, 2.75) is 51.6 Å². The van der Waals surface area contributed by atoms with E-state index in [0.29, 0.717) is 12.4 Å². The van der Waals surface area contributed by atoms with Crippen molar-refractivity contribution in [2.75, 3.05) is 0 Å². The fourth-order valence-corrected chi connectivity index (χ4v) is 2.70. The van der Waals surface area contributed by atoms with Gasteiger partial charge < -0.3 is 14.8 Å². The summed E-state index contributed by atoms with van der Waals surface area (Å²) in [6.45, 7) is 2.66. The summed E-state index contributed by atoms with van der Waals surface area (Å²) < 4.78 is 7.26. The fraction of sp³-hybridized carbons (Fsp3) is 0.571. The molecule has 0 amide bonds. The highest BCUT2D eigenvalue weighted by Crippen LogP contribution is 2.27. The Bertz CT molecular complexity index is 558. The van der Waals surface area contributed by atoms with Gasteiger partial charge in [0.1, 0.15) is 0 Å².